The summed E-state index contributed by atoms with van der Waals surface area (Å²) in [6, 6.07) is -0.403. The third-order valence-electron chi connectivity index (χ3n) is 3.33. The summed E-state index contributed by atoms with van der Waals surface area (Å²) in [4.78, 5) is 23.1. The lowest BCUT2D eigenvalue weighted by Crippen LogP contribution is -2.48. The van der Waals surface area contributed by atoms with E-state index >= 15 is 0 Å². The zero-order valence-corrected chi connectivity index (χ0v) is 12.1. The van der Waals surface area contributed by atoms with Gasteiger partial charge in [0.25, 0.3) is 0 Å². The van der Waals surface area contributed by atoms with Crippen LogP contribution in [0, 0.1) is 5.41 Å². The molecule has 0 fully saturated rings. The molecule has 0 radical (unpaired) electrons. The van der Waals surface area contributed by atoms with Gasteiger partial charge in [0.15, 0.2) is 5.78 Å². The van der Waals surface area contributed by atoms with Crippen molar-refractivity contribution in [2.45, 2.75) is 39.6 Å². The second-order valence-electron chi connectivity index (χ2n) is 5.21. The van der Waals surface area contributed by atoms with Crippen molar-refractivity contribution in [2.75, 3.05) is 7.11 Å². The lowest BCUT2D eigenvalue weighted by molar-refractivity contribution is -0.134. The van der Waals surface area contributed by atoms with Crippen LogP contribution < -0.4 is 0 Å². The van der Waals surface area contributed by atoms with Gasteiger partial charge in [-0.05, 0) is 37.1 Å². The molecule has 4 heteroatoms. The molecule has 0 amide bonds. The van der Waals surface area contributed by atoms with Crippen LogP contribution in [0.15, 0.2) is 35.4 Å². The quantitative estimate of drug-likeness (QED) is 0.490. The standard InChI is InChI=1S/C16H22O4/c1-11(8-14(18)20-5)6-7-16(19)12(2)9-13(17)10-15(16,3)4/h6-9,19H,10H2,1-5H3/b7-6+,11-8-/t16-/m1/s1/i3D3,7D/t15-,16-. The van der Waals surface area contributed by atoms with Gasteiger partial charge in [-0.1, -0.05) is 19.9 Å². The van der Waals surface area contributed by atoms with E-state index in [1.807, 2.05) is 0 Å². The van der Waals surface area contributed by atoms with Crippen LogP contribution in [-0.4, -0.2) is 29.6 Å². The summed E-state index contributed by atoms with van der Waals surface area (Å²) < 4.78 is 36.0. The first-order valence-electron chi connectivity index (χ1n) is 8.18. The maximum absolute atomic E-state index is 11.9. The molecule has 4 nitrogen and oxygen atoms in total. The number of carbonyl (C=O) groups excluding carboxylic acids is 2. The number of hydrogen-bond donors (Lipinski definition) is 1. The fraction of sp³-hybridized carbons (Fsp3) is 0.500. The molecule has 0 bridgehead atoms. The van der Waals surface area contributed by atoms with Gasteiger partial charge >= 0.3 is 5.97 Å². The molecule has 0 aromatic rings. The van der Waals surface area contributed by atoms with Crippen LogP contribution in [0.2, 0.25) is 0 Å². The summed E-state index contributed by atoms with van der Waals surface area (Å²) in [5.41, 5.74) is -3.60. The molecule has 1 aliphatic rings. The fourth-order valence-corrected chi connectivity index (χ4v) is 2.09. The SMILES string of the molecule is [2H]/C(=C\C(C)=C/C(=O)OC)[C@@]1(O)C(C)=CC(=O)C[C@]1(C)C([2H])([2H])[2H]. The van der Waals surface area contributed by atoms with Gasteiger partial charge in [0.1, 0.15) is 5.60 Å². The van der Waals surface area contributed by atoms with Gasteiger partial charge in [0.2, 0.25) is 0 Å². The van der Waals surface area contributed by atoms with Crippen LogP contribution in [0.1, 0.15) is 39.5 Å². The average molecular weight is 282 g/mol. The van der Waals surface area contributed by atoms with Crippen LogP contribution in [0.25, 0.3) is 0 Å². The maximum Gasteiger partial charge on any atom is 0.330 e. The largest absolute Gasteiger partial charge is 0.466 e. The first kappa shape index (κ1) is 11.0. The van der Waals surface area contributed by atoms with Gasteiger partial charge in [0.05, 0.1) is 8.48 Å². The van der Waals surface area contributed by atoms with Crippen molar-refractivity contribution < 1.29 is 24.9 Å². The highest BCUT2D eigenvalue weighted by Gasteiger charge is 2.46. The minimum atomic E-state index is -2.67. The Hall–Kier alpha value is -1.68. The molecule has 1 N–H and O–H groups in total. The summed E-state index contributed by atoms with van der Waals surface area (Å²) in [5, 5.41) is 11.1. The van der Waals surface area contributed by atoms with E-state index < -0.39 is 42.1 Å². The zero-order valence-electron chi connectivity index (χ0n) is 16.1. The number of ether oxygens (including phenoxy) is 1. The molecule has 0 saturated carbocycles. The van der Waals surface area contributed by atoms with Crippen molar-refractivity contribution in [1.82, 2.24) is 0 Å². The van der Waals surface area contributed by atoms with E-state index in [9.17, 15) is 14.7 Å². The average Bonchev–Trinajstić information content (AvgIpc) is 2.42. The molecular weight excluding hydrogens is 256 g/mol. The number of ketones is 1. The van der Waals surface area contributed by atoms with Crippen LogP contribution >= 0.6 is 0 Å². The molecule has 0 aromatic carbocycles. The van der Waals surface area contributed by atoms with E-state index in [0.717, 1.165) is 12.2 Å². The van der Waals surface area contributed by atoms with Crippen LogP contribution in [0.5, 0.6) is 0 Å². The third-order valence-corrected chi connectivity index (χ3v) is 3.33. The normalized spacial score (nSPS) is 35.5. The number of rotatable bonds is 3. The van der Waals surface area contributed by atoms with Crippen LogP contribution in [-0.2, 0) is 14.3 Å². The molecule has 20 heavy (non-hydrogen) atoms. The van der Waals surface area contributed by atoms with Gasteiger partial charge < -0.3 is 9.84 Å². The zero-order chi connectivity index (χ0) is 18.9. The molecule has 0 aromatic heterocycles. The number of carbonyl (C=O) groups is 2. The molecule has 1 aliphatic carbocycles. The summed E-state index contributed by atoms with van der Waals surface area (Å²) >= 11 is 0. The summed E-state index contributed by atoms with van der Waals surface area (Å²) in [5.74, 6) is -1.04. The number of allylic oxidation sites excluding steroid dienone is 3. The Labute approximate surface area is 125 Å². The Bertz CT molecular complexity index is 645. The summed E-state index contributed by atoms with van der Waals surface area (Å²) in [6.07, 6.45) is 3.08. The number of methoxy groups -OCH3 is 1. The molecule has 1 rings (SSSR count). The van der Waals surface area contributed by atoms with Gasteiger partial charge in [-0.25, -0.2) is 4.79 Å². The number of hydrogen-bond acceptors (Lipinski definition) is 4. The smallest absolute Gasteiger partial charge is 0.330 e. The van der Waals surface area contributed by atoms with E-state index in [-0.39, 0.29) is 5.57 Å². The van der Waals surface area contributed by atoms with Crippen molar-refractivity contribution in [3.05, 3.63) is 35.4 Å². The topological polar surface area (TPSA) is 63.6 Å². The predicted molar refractivity (Wildman–Crippen MR) is 77.0 cm³/mol. The molecule has 2 atom stereocenters. The van der Waals surface area contributed by atoms with Crippen LogP contribution in [0.4, 0.5) is 0 Å². The predicted octanol–water partition coefficient (Wildman–Crippen LogP) is 2.34. The molecular formula is C16H22O4. The second-order valence-corrected chi connectivity index (χ2v) is 5.21. The Balaban J connectivity index is 3.53. The van der Waals surface area contributed by atoms with Crippen molar-refractivity contribution >= 4 is 11.8 Å². The Morgan fingerprint density at radius 1 is 1.65 bits per heavy atom. The molecule has 0 aliphatic heterocycles. The van der Waals surface area contributed by atoms with E-state index in [1.54, 1.807) is 0 Å². The Morgan fingerprint density at radius 3 is 2.85 bits per heavy atom. The van der Waals surface area contributed by atoms with Crippen molar-refractivity contribution in [2.24, 2.45) is 5.41 Å². The van der Waals surface area contributed by atoms with E-state index in [1.165, 1.54) is 34.0 Å². The van der Waals surface area contributed by atoms with Crippen molar-refractivity contribution in [1.29, 1.82) is 0 Å². The number of esters is 1. The first-order chi connectivity index (χ1) is 10.8. The van der Waals surface area contributed by atoms with Crippen LogP contribution in [0.3, 0.4) is 0 Å². The maximum atomic E-state index is 11.9. The van der Waals surface area contributed by atoms with E-state index in [4.69, 9.17) is 5.48 Å². The first-order valence-corrected chi connectivity index (χ1v) is 6.18. The van der Waals surface area contributed by atoms with E-state index in [2.05, 4.69) is 4.74 Å². The minimum absolute atomic E-state index is 0.0875. The monoisotopic (exact) mass is 282 g/mol. The highest BCUT2D eigenvalue weighted by molar-refractivity contribution is 5.92. The van der Waals surface area contributed by atoms with E-state index in [0.29, 0.717) is 5.57 Å². The fourth-order valence-electron chi connectivity index (χ4n) is 2.09. The lowest BCUT2D eigenvalue weighted by Gasteiger charge is -2.43. The third kappa shape index (κ3) is 3.25. The Morgan fingerprint density at radius 2 is 2.30 bits per heavy atom. The molecule has 0 unspecified atom stereocenters. The molecule has 0 spiro atoms. The lowest BCUT2D eigenvalue weighted by atomic mass is 9.64. The molecule has 0 saturated heterocycles. The molecule has 110 valence electrons. The minimum Gasteiger partial charge on any atom is -0.466 e. The highest BCUT2D eigenvalue weighted by atomic mass is 16.5. The Kier molecular flexibility index (Phi) is 3.17. The summed E-state index contributed by atoms with van der Waals surface area (Å²) in [6.45, 7) is 1.54. The number of aliphatic hydroxyl groups is 1. The molecule has 0 heterocycles. The second kappa shape index (κ2) is 5.75. The summed E-state index contributed by atoms with van der Waals surface area (Å²) in [7, 11) is 1.20. The van der Waals surface area contributed by atoms with Crippen molar-refractivity contribution in [3.63, 3.8) is 0 Å². The van der Waals surface area contributed by atoms with Gasteiger partial charge in [-0.2, -0.15) is 0 Å². The van der Waals surface area contributed by atoms with Gasteiger partial charge in [-0.15, -0.1) is 0 Å². The highest BCUT2D eigenvalue weighted by Crippen LogP contribution is 2.44. The van der Waals surface area contributed by atoms with Crippen molar-refractivity contribution in [3.8, 4) is 0 Å². The van der Waals surface area contributed by atoms with Gasteiger partial charge in [0, 0.05) is 22.0 Å². The van der Waals surface area contributed by atoms with Gasteiger partial charge in [-0.3, -0.25) is 4.79 Å².